The number of nitrogens with zero attached hydrogens (tertiary/aromatic N) is 1. The quantitative estimate of drug-likeness (QED) is 0.391. The van der Waals surface area contributed by atoms with E-state index in [2.05, 4.69) is 17.1 Å². The van der Waals surface area contributed by atoms with Crippen LogP contribution in [-0.4, -0.2) is 6.21 Å². The molecule has 3 aromatic rings. The molecule has 138 valence electrons. The van der Waals surface area contributed by atoms with Crippen LogP contribution < -0.4 is 4.74 Å². The van der Waals surface area contributed by atoms with E-state index >= 15 is 0 Å². The van der Waals surface area contributed by atoms with Crippen LogP contribution in [0.4, 0.5) is 5.69 Å². The first-order chi connectivity index (χ1) is 12.9. The molecule has 0 bridgehead atoms. The van der Waals surface area contributed by atoms with Gasteiger partial charge in [0.2, 0.25) is 0 Å². The lowest BCUT2D eigenvalue weighted by Gasteiger charge is -2.11. The summed E-state index contributed by atoms with van der Waals surface area (Å²) in [6.07, 6.45) is 1.75. The molecule has 0 aliphatic rings. The lowest BCUT2D eigenvalue weighted by Crippen LogP contribution is -1.97. The minimum atomic E-state index is 0.354. The van der Waals surface area contributed by atoms with Crippen molar-refractivity contribution in [1.29, 1.82) is 0 Å². The number of ether oxygens (including phenoxy) is 1. The van der Waals surface area contributed by atoms with Crippen molar-refractivity contribution in [2.45, 2.75) is 20.5 Å². The number of benzene rings is 3. The monoisotopic (exact) mass is 417 g/mol. The maximum Gasteiger partial charge on any atom is 0.157 e. The predicted molar refractivity (Wildman–Crippen MR) is 115 cm³/mol. The Labute approximate surface area is 174 Å². The number of hydrogen-bond donors (Lipinski definition) is 0. The van der Waals surface area contributed by atoms with Crippen LogP contribution in [0.1, 0.15) is 22.3 Å². The van der Waals surface area contributed by atoms with E-state index < -0.39 is 0 Å². The van der Waals surface area contributed by atoms with Crippen molar-refractivity contribution in [2.24, 2.45) is 4.99 Å². The summed E-state index contributed by atoms with van der Waals surface area (Å²) in [6.45, 7) is 4.42. The van der Waals surface area contributed by atoms with E-state index in [1.54, 1.807) is 18.3 Å². The topological polar surface area (TPSA) is 21.6 Å². The van der Waals surface area contributed by atoms with Crippen molar-refractivity contribution < 1.29 is 4.74 Å². The van der Waals surface area contributed by atoms with Crippen LogP contribution >= 0.6 is 34.8 Å². The highest BCUT2D eigenvalue weighted by Crippen LogP contribution is 2.34. The fraction of sp³-hybridized carbons (Fsp3) is 0.136. The van der Waals surface area contributed by atoms with Crippen LogP contribution in [0.5, 0.6) is 5.75 Å². The summed E-state index contributed by atoms with van der Waals surface area (Å²) >= 11 is 18.6. The molecular formula is C22H18Cl3NO. The van der Waals surface area contributed by atoms with Crippen LogP contribution in [0.15, 0.2) is 59.6 Å². The molecule has 3 aromatic carbocycles. The second-order valence-corrected chi connectivity index (χ2v) is 7.53. The van der Waals surface area contributed by atoms with E-state index in [0.29, 0.717) is 27.4 Å². The zero-order valence-corrected chi connectivity index (χ0v) is 17.2. The van der Waals surface area contributed by atoms with Gasteiger partial charge in [-0.3, -0.25) is 4.99 Å². The molecule has 3 rings (SSSR count). The highest BCUT2D eigenvalue weighted by Gasteiger charge is 2.10. The number of rotatable bonds is 5. The molecule has 0 aliphatic heterocycles. The minimum Gasteiger partial charge on any atom is -0.486 e. The van der Waals surface area contributed by atoms with E-state index in [4.69, 9.17) is 39.5 Å². The van der Waals surface area contributed by atoms with Crippen LogP contribution in [0.2, 0.25) is 15.1 Å². The molecule has 0 saturated carbocycles. The number of halogens is 3. The third kappa shape index (κ3) is 5.26. The molecule has 0 fully saturated rings. The molecule has 0 aromatic heterocycles. The molecule has 0 amide bonds. The van der Waals surface area contributed by atoms with Gasteiger partial charge in [-0.1, -0.05) is 59.1 Å². The summed E-state index contributed by atoms with van der Waals surface area (Å²) in [5.41, 5.74) is 4.98. The van der Waals surface area contributed by atoms with Crippen molar-refractivity contribution in [1.82, 2.24) is 0 Å². The Hall–Kier alpha value is -2.00. The van der Waals surface area contributed by atoms with Gasteiger partial charge in [0.15, 0.2) is 5.75 Å². The molecule has 0 spiro atoms. The van der Waals surface area contributed by atoms with Crippen LogP contribution in [0.25, 0.3) is 0 Å². The van der Waals surface area contributed by atoms with Gasteiger partial charge in [0.05, 0.1) is 15.7 Å². The minimum absolute atomic E-state index is 0.354. The average molecular weight is 419 g/mol. The molecule has 0 unspecified atom stereocenters. The molecular weight excluding hydrogens is 401 g/mol. The largest absolute Gasteiger partial charge is 0.486 e. The Kier molecular flexibility index (Phi) is 6.43. The molecule has 27 heavy (non-hydrogen) atoms. The molecule has 0 aliphatic carbocycles. The SMILES string of the molecule is Cc1ccc(C)c(N=Cc2cc(Cl)c(OCc3ccc(Cl)cc3)c(Cl)c2)c1. The average Bonchev–Trinajstić information content (AvgIpc) is 2.63. The van der Waals surface area contributed by atoms with Crippen molar-refractivity contribution in [3.05, 3.63) is 91.9 Å². The Morgan fingerprint density at radius 2 is 1.56 bits per heavy atom. The van der Waals surface area contributed by atoms with E-state index in [1.807, 2.05) is 44.2 Å². The van der Waals surface area contributed by atoms with Gasteiger partial charge in [0.25, 0.3) is 0 Å². The van der Waals surface area contributed by atoms with E-state index in [0.717, 1.165) is 27.9 Å². The summed E-state index contributed by atoms with van der Waals surface area (Å²) in [5.74, 6) is 0.456. The van der Waals surface area contributed by atoms with Crippen LogP contribution in [0.3, 0.4) is 0 Å². The normalized spacial score (nSPS) is 11.1. The maximum absolute atomic E-state index is 6.37. The molecule has 0 N–H and O–H groups in total. The molecule has 0 atom stereocenters. The second kappa shape index (κ2) is 8.79. The standard InChI is InChI=1S/C22H18Cl3NO/c1-14-3-4-15(2)21(9-14)26-12-17-10-19(24)22(20(25)11-17)27-13-16-5-7-18(23)8-6-16/h3-12H,13H2,1-2H3. The van der Waals surface area contributed by atoms with Gasteiger partial charge < -0.3 is 4.74 Å². The summed E-state index contributed by atoms with van der Waals surface area (Å²) in [7, 11) is 0. The fourth-order valence-electron chi connectivity index (χ4n) is 2.53. The molecule has 0 radical (unpaired) electrons. The molecule has 2 nitrogen and oxygen atoms in total. The number of aliphatic imine (C=N–C) groups is 1. The Bertz CT molecular complexity index is 958. The highest BCUT2D eigenvalue weighted by molar-refractivity contribution is 6.37. The molecule has 0 saturated heterocycles. The summed E-state index contributed by atoms with van der Waals surface area (Å²) in [5, 5.41) is 1.57. The summed E-state index contributed by atoms with van der Waals surface area (Å²) in [4.78, 5) is 4.55. The number of hydrogen-bond acceptors (Lipinski definition) is 2. The summed E-state index contributed by atoms with van der Waals surface area (Å²) in [6, 6.07) is 17.2. The van der Waals surface area contributed by atoms with Crippen LogP contribution in [-0.2, 0) is 6.61 Å². The van der Waals surface area contributed by atoms with Crippen molar-refractivity contribution in [3.8, 4) is 5.75 Å². The Morgan fingerprint density at radius 1 is 0.889 bits per heavy atom. The molecule has 0 heterocycles. The summed E-state index contributed by atoms with van der Waals surface area (Å²) < 4.78 is 5.79. The van der Waals surface area contributed by atoms with Crippen LogP contribution in [0, 0.1) is 13.8 Å². The third-order valence-corrected chi connectivity index (χ3v) is 4.85. The van der Waals surface area contributed by atoms with Gasteiger partial charge in [-0.25, -0.2) is 0 Å². The van der Waals surface area contributed by atoms with Gasteiger partial charge in [0.1, 0.15) is 6.61 Å². The first-order valence-corrected chi connectivity index (χ1v) is 9.53. The second-order valence-electron chi connectivity index (χ2n) is 6.28. The van der Waals surface area contributed by atoms with Gasteiger partial charge >= 0.3 is 0 Å². The van der Waals surface area contributed by atoms with Crippen molar-refractivity contribution >= 4 is 46.7 Å². The zero-order valence-electron chi connectivity index (χ0n) is 15.0. The fourth-order valence-corrected chi connectivity index (χ4v) is 3.27. The highest BCUT2D eigenvalue weighted by atomic mass is 35.5. The Morgan fingerprint density at radius 3 is 2.22 bits per heavy atom. The van der Waals surface area contributed by atoms with Gasteiger partial charge in [-0.15, -0.1) is 0 Å². The lowest BCUT2D eigenvalue weighted by atomic mass is 10.1. The van der Waals surface area contributed by atoms with Crippen molar-refractivity contribution in [2.75, 3.05) is 0 Å². The first kappa shape index (κ1) is 19.8. The molecule has 5 heteroatoms. The third-order valence-electron chi connectivity index (χ3n) is 4.03. The predicted octanol–water partition coefficient (Wildman–Crippen LogP) is 7.59. The van der Waals surface area contributed by atoms with E-state index in [1.165, 1.54) is 0 Å². The van der Waals surface area contributed by atoms with Gasteiger partial charge in [-0.2, -0.15) is 0 Å². The first-order valence-electron chi connectivity index (χ1n) is 8.40. The lowest BCUT2D eigenvalue weighted by molar-refractivity contribution is 0.306. The smallest absolute Gasteiger partial charge is 0.157 e. The van der Waals surface area contributed by atoms with Crippen molar-refractivity contribution in [3.63, 3.8) is 0 Å². The number of aryl methyl sites for hydroxylation is 2. The van der Waals surface area contributed by atoms with E-state index in [9.17, 15) is 0 Å². The maximum atomic E-state index is 6.37. The Balaban J connectivity index is 1.77. The van der Waals surface area contributed by atoms with E-state index in [-0.39, 0.29) is 0 Å². The zero-order chi connectivity index (χ0) is 19.4. The van der Waals surface area contributed by atoms with Gasteiger partial charge in [0, 0.05) is 11.2 Å². The van der Waals surface area contributed by atoms with Gasteiger partial charge in [-0.05, 0) is 66.4 Å².